The standard InChI is InChI=1S/C13H12BrN3OS/c1-8-7-9(4-5-10(8)12(15)17-18)19-13-11(14)3-2-6-16-13/h2-7,18H,1H3,(H2,15,17). The molecule has 0 aliphatic heterocycles. The van der Waals surface area contributed by atoms with E-state index in [1.807, 2.05) is 37.3 Å². The number of benzene rings is 1. The van der Waals surface area contributed by atoms with Gasteiger partial charge >= 0.3 is 0 Å². The van der Waals surface area contributed by atoms with Crippen LogP contribution in [0.4, 0.5) is 0 Å². The fourth-order valence-corrected chi connectivity index (χ4v) is 2.97. The second-order valence-electron chi connectivity index (χ2n) is 3.85. The summed E-state index contributed by atoms with van der Waals surface area (Å²) in [6.45, 7) is 1.92. The van der Waals surface area contributed by atoms with E-state index in [0.717, 1.165) is 25.5 Å². The van der Waals surface area contributed by atoms with Crippen molar-refractivity contribution in [3.63, 3.8) is 0 Å². The van der Waals surface area contributed by atoms with Crippen LogP contribution in [0, 0.1) is 6.92 Å². The maximum Gasteiger partial charge on any atom is 0.170 e. The summed E-state index contributed by atoms with van der Waals surface area (Å²) < 4.78 is 0.957. The summed E-state index contributed by atoms with van der Waals surface area (Å²) in [5, 5.41) is 12.6. The molecule has 0 atom stereocenters. The number of halogens is 1. The molecule has 6 heteroatoms. The van der Waals surface area contributed by atoms with E-state index in [4.69, 9.17) is 10.9 Å². The third kappa shape index (κ3) is 3.27. The van der Waals surface area contributed by atoms with E-state index in [-0.39, 0.29) is 5.84 Å². The molecule has 0 aliphatic carbocycles. The van der Waals surface area contributed by atoms with Crippen LogP contribution in [0.25, 0.3) is 0 Å². The average molecular weight is 338 g/mol. The van der Waals surface area contributed by atoms with Crippen LogP contribution in [0.3, 0.4) is 0 Å². The van der Waals surface area contributed by atoms with Gasteiger partial charge in [-0.25, -0.2) is 4.98 Å². The molecule has 0 saturated carbocycles. The Morgan fingerprint density at radius 1 is 1.42 bits per heavy atom. The molecule has 2 rings (SSSR count). The van der Waals surface area contributed by atoms with Crippen LogP contribution in [-0.4, -0.2) is 16.0 Å². The van der Waals surface area contributed by atoms with Crippen LogP contribution in [0.2, 0.25) is 0 Å². The van der Waals surface area contributed by atoms with Gasteiger partial charge < -0.3 is 10.9 Å². The highest BCUT2D eigenvalue weighted by atomic mass is 79.9. The molecule has 0 aliphatic rings. The van der Waals surface area contributed by atoms with E-state index >= 15 is 0 Å². The average Bonchev–Trinajstić information content (AvgIpc) is 2.41. The number of aryl methyl sites for hydroxylation is 1. The zero-order valence-corrected chi connectivity index (χ0v) is 12.6. The second kappa shape index (κ2) is 6.08. The Kier molecular flexibility index (Phi) is 4.44. The van der Waals surface area contributed by atoms with Crippen LogP contribution in [0.1, 0.15) is 11.1 Å². The highest BCUT2D eigenvalue weighted by Gasteiger charge is 2.07. The Morgan fingerprint density at radius 3 is 2.84 bits per heavy atom. The molecule has 0 spiro atoms. The molecular formula is C13H12BrN3OS. The third-order valence-electron chi connectivity index (χ3n) is 2.52. The maximum atomic E-state index is 8.70. The van der Waals surface area contributed by atoms with Gasteiger partial charge in [0.1, 0.15) is 5.03 Å². The van der Waals surface area contributed by atoms with Crippen LogP contribution in [0.5, 0.6) is 0 Å². The minimum absolute atomic E-state index is 0.119. The largest absolute Gasteiger partial charge is 0.409 e. The molecule has 1 aromatic carbocycles. The lowest BCUT2D eigenvalue weighted by atomic mass is 10.1. The van der Waals surface area contributed by atoms with E-state index in [0.29, 0.717) is 0 Å². The van der Waals surface area contributed by atoms with E-state index in [9.17, 15) is 0 Å². The molecule has 19 heavy (non-hydrogen) atoms. The summed E-state index contributed by atoms with van der Waals surface area (Å²) in [6.07, 6.45) is 1.75. The molecule has 4 nitrogen and oxygen atoms in total. The van der Waals surface area contributed by atoms with E-state index in [1.54, 1.807) is 18.0 Å². The van der Waals surface area contributed by atoms with Crippen molar-refractivity contribution >= 4 is 33.5 Å². The summed E-state index contributed by atoms with van der Waals surface area (Å²) in [5.74, 6) is 0.119. The minimum Gasteiger partial charge on any atom is -0.409 e. The first-order valence-electron chi connectivity index (χ1n) is 5.48. The number of oxime groups is 1. The third-order valence-corrected chi connectivity index (χ3v) is 4.43. The van der Waals surface area contributed by atoms with E-state index in [2.05, 4.69) is 26.1 Å². The Hall–Kier alpha value is -1.53. The second-order valence-corrected chi connectivity index (χ2v) is 5.77. The van der Waals surface area contributed by atoms with Crippen molar-refractivity contribution in [1.82, 2.24) is 4.98 Å². The zero-order chi connectivity index (χ0) is 13.8. The van der Waals surface area contributed by atoms with E-state index in [1.165, 1.54) is 0 Å². The molecule has 0 amide bonds. The lowest BCUT2D eigenvalue weighted by molar-refractivity contribution is 0.318. The molecule has 0 radical (unpaired) electrons. The van der Waals surface area contributed by atoms with Gasteiger partial charge in [-0.15, -0.1) is 0 Å². The van der Waals surface area contributed by atoms with Crippen molar-refractivity contribution in [3.8, 4) is 0 Å². The van der Waals surface area contributed by atoms with Crippen LogP contribution in [0.15, 0.2) is 56.1 Å². The van der Waals surface area contributed by atoms with Gasteiger partial charge in [0.2, 0.25) is 0 Å². The lowest BCUT2D eigenvalue weighted by Gasteiger charge is -2.07. The molecule has 2 aromatic rings. The SMILES string of the molecule is Cc1cc(Sc2ncccc2Br)ccc1/C(N)=N/O. The van der Waals surface area contributed by atoms with Crippen molar-refractivity contribution in [1.29, 1.82) is 0 Å². The predicted octanol–water partition coefficient (Wildman–Crippen LogP) is 3.40. The van der Waals surface area contributed by atoms with Gasteiger partial charge in [-0.1, -0.05) is 16.9 Å². The Bertz CT molecular complexity index is 631. The lowest BCUT2D eigenvalue weighted by Crippen LogP contribution is -2.14. The number of rotatable bonds is 3. The topological polar surface area (TPSA) is 71.5 Å². The molecule has 0 bridgehead atoms. The van der Waals surface area contributed by atoms with Crippen molar-refractivity contribution in [2.75, 3.05) is 0 Å². The number of nitrogens with zero attached hydrogens (tertiary/aromatic N) is 2. The van der Waals surface area contributed by atoms with Crippen molar-refractivity contribution in [3.05, 3.63) is 52.1 Å². The first kappa shape index (κ1) is 13.9. The van der Waals surface area contributed by atoms with Gasteiger partial charge in [0.25, 0.3) is 0 Å². The van der Waals surface area contributed by atoms with Gasteiger partial charge in [-0.05, 0) is 58.7 Å². The molecule has 1 heterocycles. The monoisotopic (exact) mass is 337 g/mol. The highest BCUT2D eigenvalue weighted by molar-refractivity contribution is 9.10. The summed E-state index contributed by atoms with van der Waals surface area (Å²) >= 11 is 5.02. The number of hydrogen-bond donors (Lipinski definition) is 2. The summed E-state index contributed by atoms with van der Waals surface area (Å²) in [7, 11) is 0. The fourth-order valence-electron chi connectivity index (χ4n) is 1.60. The molecule has 1 aromatic heterocycles. The number of hydrogen-bond acceptors (Lipinski definition) is 4. The quantitative estimate of drug-likeness (QED) is 0.389. The molecule has 98 valence electrons. The predicted molar refractivity (Wildman–Crippen MR) is 79.7 cm³/mol. The minimum atomic E-state index is 0.119. The summed E-state index contributed by atoms with van der Waals surface area (Å²) in [5.41, 5.74) is 7.28. The van der Waals surface area contributed by atoms with Gasteiger partial charge in [0.15, 0.2) is 5.84 Å². The first-order chi connectivity index (χ1) is 9.11. The van der Waals surface area contributed by atoms with E-state index < -0.39 is 0 Å². The maximum absolute atomic E-state index is 8.70. The Morgan fingerprint density at radius 2 is 2.21 bits per heavy atom. The smallest absolute Gasteiger partial charge is 0.170 e. The summed E-state index contributed by atoms with van der Waals surface area (Å²) in [4.78, 5) is 5.35. The Labute approximate surface area is 123 Å². The number of pyridine rings is 1. The molecule has 0 saturated heterocycles. The first-order valence-corrected chi connectivity index (χ1v) is 7.09. The van der Waals surface area contributed by atoms with Crippen LogP contribution >= 0.6 is 27.7 Å². The number of amidine groups is 1. The molecular weight excluding hydrogens is 326 g/mol. The van der Waals surface area contributed by atoms with Gasteiger partial charge in [-0.2, -0.15) is 0 Å². The number of aromatic nitrogens is 1. The van der Waals surface area contributed by atoms with Crippen molar-refractivity contribution in [2.45, 2.75) is 16.8 Å². The zero-order valence-electron chi connectivity index (χ0n) is 10.2. The van der Waals surface area contributed by atoms with Crippen LogP contribution < -0.4 is 5.73 Å². The fraction of sp³-hybridized carbons (Fsp3) is 0.0769. The van der Waals surface area contributed by atoms with Gasteiger partial charge in [0.05, 0.1) is 4.47 Å². The van der Waals surface area contributed by atoms with Crippen molar-refractivity contribution < 1.29 is 5.21 Å². The van der Waals surface area contributed by atoms with Crippen LogP contribution in [-0.2, 0) is 0 Å². The highest BCUT2D eigenvalue weighted by Crippen LogP contribution is 2.32. The van der Waals surface area contributed by atoms with Gasteiger partial charge in [0, 0.05) is 16.7 Å². The number of nitrogens with two attached hydrogens (primary N) is 1. The molecule has 0 fully saturated rings. The van der Waals surface area contributed by atoms with Gasteiger partial charge in [-0.3, -0.25) is 0 Å². The molecule has 3 N–H and O–H groups in total. The summed E-state index contributed by atoms with van der Waals surface area (Å²) in [6, 6.07) is 9.57. The Balaban J connectivity index is 2.29. The molecule has 0 unspecified atom stereocenters. The normalized spacial score (nSPS) is 11.6. The van der Waals surface area contributed by atoms with Crippen molar-refractivity contribution in [2.24, 2.45) is 10.9 Å².